The summed E-state index contributed by atoms with van der Waals surface area (Å²) in [7, 11) is 0. The van der Waals surface area contributed by atoms with Gasteiger partial charge in [-0.25, -0.2) is 0 Å². The molecule has 0 saturated carbocycles. The van der Waals surface area contributed by atoms with Crippen LogP contribution in [0, 0.1) is 20.2 Å². The fourth-order valence-electron chi connectivity index (χ4n) is 2.54. The number of nitrogens with two attached hydrogens (primary N) is 2. The van der Waals surface area contributed by atoms with E-state index in [1.165, 1.54) is 0 Å². The van der Waals surface area contributed by atoms with Gasteiger partial charge < -0.3 is 11.5 Å². The van der Waals surface area contributed by atoms with Crippen LogP contribution in [0.5, 0.6) is 0 Å². The minimum atomic E-state index is -5.55. The van der Waals surface area contributed by atoms with Gasteiger partial charge in [0, 0.05) is 17.3 Å². The van der Waals surface area contributed by atoms with E-state index in [0.29, 0.717) is 12.1 Å². The van der Waals surface area contributed by atoms with Crippen LogP contribution >= 0.6 is 0 Å². The van der Waals surface area contributed by atoms with E-state index in [0.717, 1.165) is 6.07 Å². The summed E-state index contributed by atoms with van der Waals surface area (Å²) in [4.78, 5) is 19.2. The Morgan fingerprint density at radius 2 is 1.39 bits per heavy atom. The number of nitrogen functional groups attached to an aromatic ring is 2. The van der Waals surface area contributed by atoms with E-state index in [-0.39, 0.29) is 6.07 Å². The third kappa shape index (κ3) is 3.60. The lowest BCUT2D eigenvalue weighted by molar-refractivity contribution is -0.394. The van der Waals surface area contributed by atoms with Gasteiger partial charge in [0.2, 0.25) is 0 Å². The highest BCUT2D eigenvalue weighted by Gasteiger charge is 2.46. The Hall–Kier alpha value is -3.58. The van der Waals surface area contributed by atoms with Crippen LogP contribution in [0.4, 0.5) is 49.1 Å². The maximum atomic E-state index is 13.5. The summed E-state index contributed by atoms with van der Waals surface area (Å²) in [5, 5.41) is 22.2. The minimum absolute atomic E-state index is 0.117. The summed E-state index contributed by atoms with van der Waals surface area (Å²) in [6, 6.07) is 1.78. The van der Waals surface area contributed by atoms with Gasteiger partial charge in [-0.05, 0) is 17.7 Å². The van der Waals surface area contributed by atoms with Crippen molar-refractivity contribution in [1.29, 1.82) is 0 Å². The number of anilines is 2. The van der Waals surface area contributed by atoms with E-state index < -0.39 is 67.2 Å². The van der Waals surface area contributed by atoms with Gasteiger partial charge in [0.05, 0.1) is 15.4 Å². The van der Waals surface area contributed by atoms with Crippen molar-refractivity contribution >= 4 is 22.7 Å². The first-order chi connectivity index (χ1) is 12.7. The lowest BCUT2D eigenvalue weighted by Crippen LogP contribution is -2.16. The van der Waals surface area contributed by atoms with E-state index in [1.54, 1.807) is 0 Å². The van der Waals surface area contributed by atoms with Crippen LogP contribution in [0.1, 0.15) is 11.1 Å². The second-order valence-electron chi connectivity index (χ2n) is 5.40. The molecule has 0 spiro atoms. The van der Waals surface area contributed by atoms with Crippen LogP contribution in [0.15, 0.2) is 24.3 Å². The number of hydrogen-bond acceptors (Lipinski definition) is 6. The molecule has 0 saturated heterocycles. The Morgan fingerprint density at radius 1 is 0.821 bits per heavy atom. The molecule has 0 bridgehead atoms. The second-order valence-corrected chi connectivity index (χ2v) is 5.40. The summed E-state index contributed by atoms with van der Waals surface area (Å²) < 4.78 is 80.5. The monoisotopic (exact) mass is 410 g/mol. The number of hydrogen-bond donors (Lipinski definition) is 2. The molecular weight excluding hydrogens is 402 g/mol. The van der Waals surface area contributed by atoms with E-state index in [2.05, 4.69) is 0 Å². The van der Waals surface area contributed by atoms with E-state index >= 15 is 0 Å². The fourth-order valence-corrected chi connectivity index (χ4v) is 2.54. The Kier molecular flexibility index (Phi) is 4.84. The highest BCUT2D eigenvalue weighted by molar-refractivity contribution is 5.86. The van der Waals surface area contributed by atoms with Gasteiger partial charge in [0.25, 0.3) is 5.69 Å². The molecule has 150 valence electrons. The van der Waals surface area contributed by atoms with Crippen molar-refractivity contribution in [2.45, 2.75) is 12.4 Å². The van der Waals surface area contributed by atoms with Crippen molar-refractivity contribution in [3.8, 4) is 11.1 Å². The van der Waals surface area contributed by atoms with Gasteiger partial charge >= 0.3 is 18.0 Å². The molecule has 0 aliphatic rings. The zero-order chi connectivity index (χ0) is 21.6. The maximum Gasteiger partial charge on any atom is 0.423 e. The zero-order valence-electron chi connectivity index (χ0n) is 13.3. The third-order valence-corrected chi connectivity index (χ3v) is 3.62. The molecule has 2 aromatic rings. The van der Waals surface area contributed by atoms with Crippen molar-refractivity contribution in [3.05, 3.63) is 55.6 Å². The van der Waals surface area contributed by atoms with Gasteiger partial charge in [-0.2, -0.15) is 26.3 Å². The molecule has 0 aromatic heterocycles. The van der Waals surface area contributed by atoms with Crippen LogP contribution in [0.25, 0.3) is 11.1 Å². The van der Waals surface area contributed by atoms with Crippen molar-refractivity contribution in [2.24, 2.45) is 0 Å². The van der Waals surface area contributed by atoms with E-state index in [9.17, 15) is 46.6 Å². The van der Waals surface area contributed by atoms with E-state index in [4.69, 9.17) is 11.5 Å². The van der Waals surface area contributed by atoms with E-state index in [1.807, 2.05) is 0 Å². The molecule has 0 radical (unpaired) electrons. The SMILES string of the molecule is Nc1ccc(-c2cc([N+](=O)[O-])c(N)c([N+](=O)[O-])c2C(F)(F)F)c(C(F)(F)F)c1. The predicted octanol–water partition coefficient (Wildman–Crippen LogP) is 4.37. The van der Waals surface area contributed by atoms with Crippen LogP contribution in [0.2, 0.25) is 0 Å². The summed E-state index contributed by atoms with van der Waals surface area (Å²) in [5.74, 6) is 0. The van der Waals surface area contributed by atoms with Gasteiger partial charge in [0.1, 0.15) is 5.56 Å². The lowest BCUT2D eigenvalue weighted by atomic mass is 9.92. The first-order valence-electron chi connectivity index (χ1n) is 6.95. The van der Waals surface area contributed by atoms with Crippen LogP contribution < -0.4 is 11.5 Å². The quantitative estimate of drug-likeness (QED) is 0.333. The lowest BCUT2D eigenvalue weighted by Gasteiger charge is -2.18. The second kappa shape index (κ2) is 6.54. The number of nitro benzene ring substituents is 2. The smallest absolute Gasteiger partial charge is 0.399 e. The molecule has 0 fully saturated rings. The average Bonchev–Trinajstić information content (AvgIpc) is 2.52. The normalized spacial score (nSPS) is 12.1. The summed E-state index contributed by atoms with van der Waals surface area (Å²) in [5.41, 5.74) is -1.16. The highest BCUT2D eigenvalue weighted by Crippen LogP contribution is 2.50. The summed E-state index contributed by atoms with van der Waals surface area (Å²) in [6.45, 7) is 0. The maximum absolute atomic E-state index is 13.5. The van der Waals surface area contributed by atoms with Crippen LogP contribution in [-0.4, -0.2) is 9.85 Å². The number of nitrogens with zero attached hydrogens (tertiary/aromatic N) is 2. The Bertz CT molecular complexity index is 987. The molecule has 14 heteroatoms. The van der Waals surface area contributed by atoms with Crippen molar-refractivity contribution in [1.82, 2.24) is 0 Å². The molecule has 2 rings (SSSR count). The van der Waals surface area contributed by atoms with Crippen LogP contribution in [0.3, 0.4) is 0 Å². The highest BCUT2D eigenvalue weighted by atomic mass is 19.4. The topological polar surface area (TPSA) is 138 Å². The van der Waals surface area contributed by atoms with Gasteiger partial charge in [-0.15, -0.1) is 0 Å². The van der Waals surface area contributed by atoms with Crippen molar-refractivity contribution in [2.75, 3.05) is 11.5 Å². The first kappa shape index (κ1) is 20.7. The summed E-state index contributed by atoms with van der Waals surface area (Å²) in [6.07, 6.45) is -10.8. The van der Waals surface area contributed by atoms with Gasteiger partial charge in [-0.3, -0.25) is 20.2 Å². The molecule has 2 aromatic carbocycles. The summed E-state index contributed by atoms with van der Waals surface area (Å²) >= 11 is 0. The third-order valence-electron chi connectivity index (χ3n) is 3.62. The van der Waals surface area contributed by atoms with Crippen molar-refractivity contribution < 1.29 is 36.2 Å². The van der Waals surface area contributed by atoms with Crippen LogP contribution in [-0.2, 0) is 12.4 Å². The molecule has 0 aliphatic carbocycles. The number of alkyl halides is 6. The molecule has 0 amide bonds. The number of nitro groups is 2. The standard InChI is InChI=1S/C14H8F6N4O4/c15-13(16,17)8-3-5(21)1-2-6(8)7-4-9(23(25)26)11(22)12(24(27)28)10(7)14(18,19)20/h1-4H,21-22H2. The number of benzene rings is 2. The molecule has 0 unspecified atom stereocenters. The fraction of sp³-hybridized carbons (Fsp3) is 0.143. The molecule has 0 atom stereocenters. The molecule has 28 heavy (non-hydrogen) atoms. The number of halogens is 6. The Morgan fingerprint density at radius 3 is 1.82 bits per heavy atom. The number of rotatable bonds is 3. The minimum Gasteiger partial charge on any atom is -0.399 e. The molecule has 8 nitrogen and oxygen atoms in total. The average molecular weight is 410 g/mol. The Balaban J connectivity index is 3.12. The largest absolute Gasteiger partial charge is 0.423 e. The van der Waals surface area contributed by atoms with Crippen molar-refractivity contribution in [3.63, 3.8) is 0 Å². The molecular formula is C14H8F6N4O4. The Labute approximate surface area is 150 Å². The predicted molar refractivity (Wildman–Crippen MR) is 84.0 cm³/mol. The first-order valence-corrected chi connectivity index (χ1v) is 6.95. The molecule has 0 heterocycles. The zero-order valence-corrected chi connectivity index (χ0v) is 13.3. The van der Waals surface area contributed by atoms with Gasteiger partial charge in [0.15, 0.2) is 5.69 Å². The molecule has 0 aliphatic heterocycles. The van der Waals surface area contributed by atoms with Gasteiger partial charge in [-0.1, -0.05) is 6.07 Å². The molecule has 4 N–H and O–H groups in total.